The maximum Gasteiger partial charge on any atom is 0.316 e. The second kappa shape index (κ2) is 5.94. The smallest absolute Gasteiger partial charge is 0.316 e. The van der Waals surface area contributed by atoms with Crippen molar-refractivity contribution in [3.05, 3.63) is 29.8 Å². The third-order valence-electron chi connectivity index (χ3n) is 2.23. The quantitative estimate of drug-likeness (QED) is 0.798. The van der Waals surface area contributed by atoms with Crippen LogP contribution in [-0.4, -0.2) is 16.3 Å². The monoisotopic (exact) mass is 238 g/mol. The van der Waals surface area contributed by atoms with Crippen LogP contribution in [0.25, 0.3) is 0 Å². The second-order valence-electron chi connectivity index (χ2n) is 4.34. The number of aliphatic carboxylic acids is 1. The fourth-order valence-corrected chi connectivity index (χ4v) is 2.23. The van der Waals surface area contributed by atoms with Crippen LogP contribution in [0.4, 0.5) is 0 Å². The van der Waals surface area contributed by atoms with Gasteiger partial charge < -0.3 is 5.11 Å². The molecule has 88 valence electrons. The summed E-state index contributed by atoms with van der Waals surface area (Å²) in [5, 5.41) is 8.40. The van der Waals surface area contributed by atoms with Crippen LogP contribution in [0.3, 0.4) is 0 Å². The summed E-state index contributed by atoms with van der Waals surface area (Å²) in [6.07, 6.45) is 1.07. The highest BCUT2D eigenvalue weighted by molar-refractivity contribution is 8.00. The zero-order chi connectivity index (χ0) is 12.1. The molecule has 2 nitrogen and oxygen atoms in total. The normalized spacial score (nSPS) is 12.8. The Balaban J connectivity index is 2.61. The Morgan fingerprint density at radius 3 is 2.25 bits per heavy atom. The van der Waals surface area contributed by atoms with Gasteiger partial charge in [-0.1, -0.05) is 26.0 Å². The molecule has 1 aromatic carbocycles. The fourth-order valence-electron chi connectivity index (χ4n) is 1.43. The molecule has 0 fully saturated rings. The molecule has 1 unspecified atom stereocenters. The minimum atomic E-state index is -0.767. The number of carbonyl (C=O) groups is 1. The van der Waals surface area contributed by atoms with E-state index < -0.39 is 11.2 Å². The molecular formula is C13H18O2S. The average molecular weight is 238 g/mol. The highest BCUT2D eigenvalue weighted by atomic mass is 32.2. The van der Waals surface area contributed by atoms with Gasteiger partial charge in [0.15, 0.2) is 0 Å². The zero-order valence-electron chi connectivity index (χ0n) is 9.93. The van der Waals surface area contributed by atoms with E-state index in [1.165, 1.54) is 17.3 Å². The molecule has 0 spiro atoms. The summed E-state index contributed by atoms with van der Waals surface area (Å²) < 4.78 is 0. The van der Waals surface area contributed by atoms with Crippen LogP contribution in [0.1, 0.15) is 26.3 Å². The average Bonchev–Trinajstić information content (AvgIpc) is 2.20. The topological polar surface area (TPSA) is 37.3 Å². The first kappa shape index (κ1) is 13.1. The molecule has 3 heteroatoms. The number of hydrogen-bond acceptors (Lipinski definition) is 2. The van der Waals surface area contributed by atoms with E-state index in [1.54, 1.807) is 6.92 Å². The number of carboxylic acids is 1. The van der Waals surface area contributed by atoms with E-state index in [1.807, 2.05) is 12.1 Å². The largest absolute Gasteiger partial charge is 0.480 e. The Morgan fingerprint density at radius 1 is 1.25 bits per heavy atom. The van der Waals surface area contributed by atoms with Crippen LogP contribution in [0.2, 0.25) is 0 Å². The van der Waals surface area contributed by atoms with Gasteiger partial charge in [0.2, 0.25) is 0 Å². The van der Waals surface area contributed by atoms with Gasteiger partial charge in [-0.05, 0) is 37.0 Å². The Bertz CT molecular complexity index is 343. The number of rotatable bonds is 5. The molecule has 1 rings (SSSR count). The predicted molar refractivity (Wildman–Crippen MR) is 67.9 cm³/mol. The number of carboxylic acid groups (broad SMARTS) is 1. The Kier molecular flexibility index (Phi) is 4.87. The van der Waals surface area contributed by atoms with E-state index in [0.717, 1.165) is 11.3 Å². The molecule has 1 atom stereocenters. The van der Waals surface area contributed by atoms with Gasteiger partial charge in [0.25, 0.3) is 0 Å². The third-order valence-corrected chi connectivity index (χ3v) is 3.33. The molecule has 0 heterocycles. The highest BCUT2D eigenvalue weighted by Crippen LogP contribution is 2.24. The SMILES string of the molecule is CC(C)Cc1ccc(SC(C)C(=O)O)cc1. The van der Waals surface area contributed by atoms with E-state index in [0.29, 0.717) is 5.92 Å². The summed E-state index contributed by atoms with van der Waals surface area (Å²) >= 11 is 1.38. The number of benzene rings is 1. The summed E-state index contributed by atoms with van der Waals surface area (Å²) in [4.78, 5) is 11.7. The van der Waals surface area contributed by atoms with Crippen molar-refractivity contribution in [1.29, 1.82) is 0 Å². The van der Waals surface area contributed by atoms with Crippen molar-refractivity contribution in [3.63, 3.8) is 0 Å². The van der Waals surface area contributed by atoms with Gasteiger partial charge in [-0.3, -0.25) is 4.79 Å². The Hall–Kier alpha value is -0.960. The molecular weight excluding hydrogens is 220 g/mol. The van der Waals surface area contributed by atoms with Gasteiger partial charge >= 0.3 is 5.97 Å². The lowest BCUT2D eigenvalue weighted by Gasteiger charge is -2.08. The second-order valence-corrected chi connectivity index (χ2v) is 5.75. The maximum absolute atomic E-state index is 10.7. The molecule has 1 aromatic rings. The predicted octanol–water partition coefficient (Wildman–Crippen LogP) is 3.45. The van der Waals surface area contributed by atoms with E-state index >= 15 is 0 Å². The molecule has 0 saturated carbocycles. The Morgan fingerprint density at radius 2 is 1.81 bits per heavy atom. The van der Waals surface area contributed by atoms with Crippen molar-refractivity contribution in [3.8, 4) is 0 Å². The van der Waals surface area contributed by atoms with Crippen molar-refractivity contribution < 1.29 is 9.90 Å². The van der Waals surface area contributed by atoms with Crippen molar-refractivity contribution in [2.45, 2.75) is 37.3 Å². The molecule has 0 aromatic heterocycles. The van der Waals surface area contributed by atoms with Crippen molar-refractivity contribution in [2.24, 2.45) is 5.92 Å². The van der Waals surface area contributed by atoms with Gasteiger partial charge in [0.1, 0.15) is 5.25 Å². The lowest BCUT2D eigenvalue weighted by atomic mass is 10.0. The molecule has 0 saturated heterocycles. The first-order chi connectivity index (χ1) is 7.49. The standard InChI is InChI=1S/C13H18O2S/c1-9(2)8-11-4-6-12(7-5-11)16-10(3)13(14)15/h4-7,9-10H,8H2,1-3H3,(H,14,15). The summed E-state index contributed by atoms with van der Waals surface area (Å²) in [6, 6.07) is 8.16. The van der Waals surface area contributed by atoms with Gasteiger partial charge in [-0.25, -0.2) is 0 Å². The van der Waals surface area contributed by atoms with E-state index in [2.05, 4.69) is 26.0 Å². The summed E-state index contributed by atoms with van der Waals surface area (Å²) in [7, 11) is 0. The number of thioether (sulfide) groups is 1. The van der Waals surface area contributed by atoms with Crippen molar-refractivity contribution in [1.82, 2.24) is 0 Å². The summed E-state index contributed by atoms with van der Waals surface area (Å²) in [5.74, 6) is -0.118. The fraction of sp³-hybridized carbons (Fsp3) is 0.462. The van der Waals surface area contributed by atoms with E-state index in [4.69, 9.17) is 5.11 Å². The van der Waals surface area contributed by atoms with Gasteiger partial charge in [0.05, 0.1) is 0 Å². The summed E-state index contributed by atoms with van der Waals surface area (Å²) in [6.45, 7) is 6.08. The molecule has 0 bridgehead atoms. The maximum atomic E-state index is 10.7. The molecule has 0 aliphatic heterocycles. The highest BCUT2D eigenvalue weighted by Gasteiger charge is 2.11. The molecule has 0 aliphatic carbocycles. The van der Waals surface area contributed by atoms with Crippen LogP contribution in [-0.2, 0) is 11.2 Å². The lowest BCUT2D eigenvalue weighted by molar-refractivity contribution is -0.136. The molecule has 0 amide bonds. The Labute approximate surface area is 101 Å². The van der Waals surface area contributed by atoms with Crippen molar-refractivity contribution >= 4 is 17.7 Å². The zero-order valence-corrected chi connectivity index (χ0v) is 10.8. The van der Waals surface area contributed by atoms with Crippen LogP contribution in [0, 0.1) is 5.92 Å². The molecule has 16 heavy (non-hydrogen) atoms. The van der Waals surface area contributed by atoms with Crippen LogP contribution >= 0.6 is 11.8 Å². The molecule has 0 aliphatic rings. The minimum Gasteiger partial charge on any atom is -0.480 e. The third kappa shape index (κ3) is 4.27. The lowest BCUT2D eigenvalue weighted by Crippen LogP contribution is -2.10. The van der Waals surface area contributed by atoms with Gasteiger partial charge in [0, 0.05) is 4.90 Å². The van der Waals surface area contributed by atoms with Crippen LogP contribution < -0.4 is 0 Å². The van der Waals surface area contributed by atoms with Gasteiger partial charge in [-0.15, -0.1) is 11.8 Å². The van der Waals surface area contributed by atoms with Gasteiger partial charge in [-0.2, -0.15) is 0 Å². The summed E-state index contributed by atoms with van der Waals surface area (Å²) in [5.41, 5.74) is 1.31. The van der Waals surface area contributed by atoms with E-state index in [-0.39, 0.29) is 0 Å². The first-order valence-corrected chi connectivity index (χ1v) is 6.35. The first-order valence-electron chi connectivity index (χ1n) is 5.47. The molecule has 1 N–H and O–H groups in total. The minimum absolute atomic E-state index is 0.393. The number of hydrogen-bond donors (Lipinski definition) is 1. The van der Waals surface area contributed by atoms with Crippen molar-refractivity contribution in [2.75, 3.05) is 0 Å². The van der Waals surface area contributed by atoms with Crippen LogP contribution in [0.5, 0.6) is 0 Å². The van der Waals surface area contributed by atoms with Crippen LogP contribution in [0.15, 0.2) is 29.2 Å². The molecule has 0 radical (unpaired) electrons. The van der Waals surface area contributed by atoms with E-state index in [9.17, 15) is 4.79 Å².